The molecule has 0 aliphatic carbocycles. The summed E-state index contributed by atoms with van der Waals surface area (Å²) in [6.07, 6.45) is 1.01. The molecule has 0 amide bonds. The third kappa shape index (κ3) is 1.95. The number of halogens is 2. The normalized spacial score (nSPS) is 13.3. The van der Waals surface area contributed by atoms with Crippen LogP contribution >= 0.6 is 15.9 Å². The van der Waals surface area contributed by atoms with E-state index in [0.717, 1.165) is 23.0 Å². The third-order valence-electron chi connectivity index (χ3n) is 3.05. The van der Waals surface area contributed by atoms with Crippen LogP contribution < -0.4 is 5.32 Å². The Morgan fingerprint density at radius 3 is 2.88 bits per heavy atom. The van der Waals surface area contributed by atoms with Crippen LogP contribution in [0.3, 0.4) is 0 Å². The summed E-state index contributed by atoms with van der Waals surface area (Å²) in [5, 5.41) is 3.30. The van der Waals surface area contributed by atoms with Crippen molar-refractivity contribution in [2.24, 2.45) is 0 Å². The smallest absolute Gasteiger partial charge is 0.131 e. The van der Waals surface area contributed by atoms with Crippen LogP contribution in [0.5, 0.6) is 0 Å². The Morgan fingerprint density at radius 2 is 2.00 bits per heavy atom. The summed E-state index contributed by atoms with van der Waals surface area (Å²) in [6.45, 7) is 0.972. The van der Waals surface area contributed by atoms with E-state index in [1.165, 1.54) is 17.3 Å². The van der Waals surface area contributed by atoms with Crippen molar-refractivity contribution in [2.45, 2.75) is 6.42 Å². The van der Waals surface area contributed by atoms with Gasteiger partial charge in [0.25, 0.3) is 0 Å². The van der Waals surface area contributed by atoms with Gasteiger partial charge in [0.2, 0.25) is 0 Å². The zero-order chi connectivity index (χ0) is 11.8. The molecule has 0 fully saturated rings. The first-order chi connectivity index (χ1) is 8.24. The molecule has 0 unspecified atom stereocenters. The molecule has 1 N–H and O–H groups in total. The molecule has 2 aromatic carbocycles. The van der Waals surface area contributed by atoms with Gasteiger partial charge in [0, 0.05) is 22.3 Å². The number of anilines is 1. The summed E-state index contributed by atoms with van der Waals surface area (Å²) in [7, 11) is 0. The Morgan fingerprint density at radius 1 is 1.12 bits per heavy atom. The molecule has 0 atom stereocenters. The fourth-order valence-corrected chi connectivity index (χ4v) is 2.55. The zero-order valence-corrected chi connectivity index (χ0v) is 10.7. The second-order valence-corrected chi connectivity index (χ2v) is 5.09. The minimum absolute atomic E-state index is 0.181. The predicted octanol–water partition coefficient (Wildman–Crippen LogP) is 4.22. The van der Waals surface area contributed by atoms with Crippen LogP contribution in [-0.2, 0) is 6.42 Å². The molecule has 17 heavy (non-hydrogen) atoms. The van der Waals surface area contributed by atoms with Crippen LogP contribution in [0.2, 0.25) is 0 Å². The average molecular weight is 292 g/mol. The molecular formula is C14H11BrFN. The Bertz CT molecular complexity index is 580. The molecule has 86 valence electrons. The van der Waals surface area contributed by atoms with Gasteiger partial charge in [-0.3, -0.25) is 0 Å². The van der Waals surface area contributed by atoms with Crippen molar-refractivity contribution >= 4 is 21.6 Å². The van der Waals surface area contributed by atoms with E-state index in [0.29, 0.717) is 5.56 Å². The molecule has 3 rings (SSSR count). The van der Waals surface area contributed by atoms with Crippen LogP contribution in [-0.4, -0.2) is 6.54 Å². The van der Waals surface area contributed by atoms with Crippen LogP contribution in [0.15, 0.2) is 40.9 Å². The first-order valence-electron chi connectivity index (χ1n) is 5.56. The maximum Gasteiger partial charge on any atom is 0.131 e. The largest absolute Gasteiger partial charge is 0.384 e. The lowest BCUT2D eigenvalue weighted by Crippen LogP contribution is -1.90. The number of benzene rings is 2. The van der Waals surface area contributed by atoms with E-state index in [9.17, 15) is 4.39 Å². The maximum atomic E-state index is 13.8. The van der Waals surface area contributed by atoms with Crippen molar-refractivity contribution in [3.8, 4) is 11.1 Å². The van der Waals surface area contributed by atoms with E-state index < -0.39 is 0 Å². The Labute approximate surface area is 108 Å². The van der Waals surface area contributed by atoms with E-state index in [1.807, 2.05) is 18.2 Å². The van der Waals surface area contributed by atoms with Crippen LogP contribution in [0.4, 0.5) is 10.1 Å². The summed E-state index contributed by atoms with van der Waals surface area (Å²) in [6, 6.07) is 11.1. The Balaban J connectivity index is 2.12. The van der Waals surface area contributed by atoms with Gasteiger partial charge in [0.1, 0.15) is 5.82 Å². The van der Waals surface area contributed by atoms with Crippen molar-refractivity contribution in [1.82, 2.24) is 0 Å². The summed E-state index contributed by atoms with van der Waals surface area (Å²) in [4.78, 5) is 0. The van der Waals surface area contributed by atoms with E-state index in [-0.39, 0.29) is 5.82 Å². The highest BCUT2D eigenvalue weighted by molar-refractivity contribution is 9.10. The lowest BCUT2D eigenvalue weighted by Gasteiger charge is -2.07. The quantitative estimate of drug-likeness (QED) is 0.829. The van der Waals surface area contributed by atoms with Gasteiger partial charge in [-0.2, -0.15) is 0 Å². The standard InChI is InChI=1S/C14H11BrFN/c15-11-2-3-13(16)12(8-11)9-1-4-14-10(7-9)5-6-17-14/h1-4,7-8,17H,5-6H2. The highest BCUT2D eigenvalue weighted by atomic mass is 79.9. The molecule has 2 aromatic rings. The number of fused-ring (bicyclic) bond motifs is 1. The summed E-state index contributed by atoms with van der Waals surface area (Å²) < 4.78 is 14.7. The van der Waals surface area contributed by atoms with Gasteiger partial charge < -0.3 is 5.32 Å². The van der Waals surface area contributed by atoms with Crippen molar-refractivity contribution in [2.75, 3.05) is 11.9 Å². The first kappa shape index (κ1) is 10.8. The van der Waals surface area contributed by atoms with Gasteiger partial charge in [-0.15, -0.1) is 0 Å². The molecule has 0 saturated heterocycles. The Kier molecular flexibility index (Phi) is 2.63. The van der Waals surface area contributed by atoms with E-state index >= 15 is 0 Å². The fourth-order valence-electron chi connectivity index (χ4n) is 2.19. The summed E-state index contributed by atoms with van der Waals surface area (Å²) >= 11 is 3.38. The van der Waals surface area contributed by atoms with E-state index in [4.69, 9.17) is 0 Å². The highest BCUT2D eigenvalue weighted by Crippen LogP contribution is 2.31. The number of rotatable bonds is 1. The molecule has 1 aliphatic rings. The summed E-state index contributed by atoms with van der Waals surface area (Å²) in [5.74, 6) is -0.181. The van der Waals surface area contributed by atoms with Gasteiger partial charge in [-0.05, 0) is 47.9 Å². The van der Waals surface area contributed by atoms with Gasteiger partial charge >= 0.3 is 0 Å². The number of hydrogen-bond donors (Lipinski definition) is 1. The predicted molar refractivity (Wildman–Crippen MR) is 71.7 cm³/mol. The van der Waals surface area contributed by atoms with Crippen LogP contribution in [0, 0.1) is 5.82 Å². The third-order valence-corrected chi connectivity index (χ3v) is 3.55. The van der Waals surface area contributed by atoms with Crippen LogP contribution in [0.25, 0.3) is 11.1 Å². The van der Waals surface area contributed by atoms with E-state index in [1.54, 1.807) is 6.07 Å². The Hall–Kier alpha value is -1.35. The van der Waals surface area contributed by atoms with Gasteiger partial charge in [-0.25, -0.2) is 4.39 Å². The molecule has 0 aromatic heterocycles. The van der Waals surface area contributed by atoms with Gasteiger partial charge in [0.05, 0.1) is 0 Å². The molecule has 0 bridgehead atoms. The minimum Gasteiger partial charge on any atom is -0.384 e. The molecular weight excluding hydrogens is 281 g/mol. The zero-order valence-electron chi connectivity index (χ0n) is 9.13. The summed E-state index contributed by atoms with van der Waals surface area (Å²) in [5.41, 5.74) is 4.02. The second kappa shape index (κ2) is 4.15. The van der Waals surface area contributed by atoms with Crippen LogP contribution in [0.1, 0.15) is 5.56 Å². The van der Waals surface area contributed by atoms with E-state index in [2.05, 4.69) is 27.3 Å². The lowest BCUT2D eigenvalue weighted by molar-refractivity contribution is 0.631. The second-order valence-electron chi connectivity index (χ2n) is 4.17. The average Bonchev–Trinajstić information content (AvgIpc) is 2.79. The maximum absolute atomic E-state index is 13.8. The monoisotopic (exact) mass is 291 g/mol. The molecule has 3 heteroatoms. The minimum atomic E-state index is -0.181. The van der Waals surface area contributed by atoms with Crippen molar-refractivity contribution in [3.05, 3.63) is 52.3 Å². The van der Waals surface area contributed by atoms with Crippen molar-refractivity contribution in [1.29, 1.82) is 0 Å². The van der Waals surface area contributed by atoms with Crippen molar-refractivity contribution < 1.29 is 4.39 Å². The number of hydrogen-bond acceptors (Lipinski definition) is 1. The highest BCUT2D eigenvalue weighted by Gasteiger charge is 2.12. The SMILES string of the molecule is Fc1ccc(Br)cc1-c1ccc2c(c1)CCN2. The van der Waals surface area contributed by atoms with Gasteiger partial charge in [-0.1, -0.05) is 22.0 Å². The molecule has 1 heterocycles. The topological polar surface area (TPSA) is 12.0 Å². The molecule has 0 radical (unpaired) electrons. The van der Waals surface area contributed by atoms with Crippen molar-refractivity contribution in [3.63, 3.8) is 0 Å². The lowest BCUT2D eigenvalue weighted by atomic mass is 10.0. The van der Waals surface area contributed by atoms with Gasteiger partial charge in [0.15, 0.2) is 0 Å². The molecule has 1 aliphatic heterocycles. The molecule has 0 saturated carbocycles. The first-order valence-corrected chi connectivity index (χ1v) is 6.35. The fraction of sp³-hybridized carbons (Fsp3) is 0.143. The molecule has 0 spiro atoms. The number of nitrogens with one attached hydrogen (secondary N) is 1. The molecule has 1 nitrogen and oxygen atoms in total.